The fourth-order valence-electron chi connectivity index (χ4n) is 3.10. The maximum atomic E-state index is 5.49. The van der Waals surface area contributed by atoms with Gasteiger partial charge in [-0.1, -0.05) is 12.2 Å². The molecule has 1 aromatic heterocycles. The molecule has 0 aliphatic heterocycles. The van der Waals surface area contributed by atoms with Crippen molar-refractivity contribution >= 4 is 17.6 Å². The van der Waals surface area contributed by atoms with E-state index in [4.69, 9.17) is 19.3 Å². The van der Waals surface area contributed by atoms with Crippen LogP contribution in [-0.4, -0.2) is 39.3 Å². The molecule has 144 valence electrons. The van der Waals surface area contributed by atoms with E-state index in [-0.39, 0.29) is 0 Å². The summed E-state index contributed by atoms with van der Waals surface area (Å²) < 4.78 is 18.3. The minimum absolute atomic E-state index is 0.458. The molecule has 1 heterocycles. The normalized spacial score (nSPS) is 17.5. The Morgan fingerprint density at radius 2 is 1.85 bits per heavy atom. The number of aromatic nitrogens is 1. The van der Waals surface area contributed by atoms with E-state index in [1.165, 1.54) is 0 Å². The number of rotatable bonds is 6. The Kier molecular flexibility index (Phi) is 6.34. The molecule has 0 saturated carbocycles. The highest BCUT2D eigenvalue weighted by atomic mass is 32.1. The van der Waals surface area contributed by atoms with Crippen LogP contribution < -0.4 is 19.0 Å². The molecule has 27 heavy (non-hydrogen) atoms. The Balaban J connectivity index is 2.06. The highest BCUT2D eigenvalue weighted by Crippen LogP contribution is 2.41. The van der Waals surface area contributed by atoms with Crippen LogP contribution in [0.4, 0.5) is 0 Å². The van der Waals surface area contributed by atoms with Gasteiger partial charge in [-0.25, -0.2) is 4.68 Å². The summed E-state index contributed by atoms with van der Waals surface area (Å²) in [6.07, 6.45) is 9.76. The highest BCUT2D eigenvalue weighted by molar-refractivity contribution is 7.07. The average Bonchev–Trinajstić information content (AvgIpc) is 3.14. The zero-order valence-corrected chi connectivity index (χ0v) is 17.0. The van der Waals surface area contributed by atoms with Gasteiger partial charge in [0.2, 0.25) is 10.6 Å². The maximum Gasteiger partial charge on any atom is 0.205 e. The van der Waals surface area contributed by atoms with Crippen molar-refractivity contribution < 1.29 is 14.2 Å². The average molecular weight is 388 g/mol. The predicted molar refractivity (Wildman–Crippen MR) is 109 cm³/mol. The van der Waals surface area contributed by atoms with Crippen molar-refractivity contribution in [3.05, 3.63) is 34.5 Å². The van der Waals surface area contributed by atoms with Crippen LogP contribution in [-0.2, 0) is 0 Å². The van der Waals surface area contributed by atoms with E-state index in [0.29, 0.717) is 23.2 Å². The van der Waals surface area contributed by atoms with Gasteiger partial charge < -0.3 is 14.2 Å². The van der Waals surface area contributed by atoms with Crippen molar-refractivity contribution in [2.75, 3.05) is 28.4 Å². The third-order valence-corrected chi connectivity index (χ3v) is 5.45. The lowest BCUT2D eigenvalue weighted by molar-refractivity contribution is 0.324. The van der Waals surface area contributed by atoms with Gasteiger partial charge in [-0.2, -0.15) is 5.10 Å². The van der Waals surface area contributed by atoms with Crippen LogP contribution in [0.15, 0.2) is 39.8 Å². The molecule has 3 rings (SSSR count). The van der Waals surface area contributed by atoms with Crippen molar-refractivity contribution in [1.82, 2.24) is 4.68 Å². The predicted octanol–water partition coefficient (Wildman–Crippen LogP) is 3.96. The molecule has 0 saturated heterocycles. The Morgan fingerprint density at radius 1 is 1.11 bits per heavy atom. The molecule has 1 aromatic carbocycles. The molecule has 1 unspecified atom stereocenters. The van der Waals surface area contributed by atoms with Crippen LogP contribution in [0.3, 0.4) is 0 Å². The van der Waals surface area contributed by atoms with Crippen LogP contribution in [0.1, 0.15) is 19.3 Å². The first-order chi connectivity index (χ1) is 13.2. The van der Waals surface area contributed by atoms with Crippen molar-refractivity contribution in [2.45, 2.75) is 19.3 Å². The molecule has 1 atom stereocenters. The molecule has 2 aromatic rings. The topological polar surface area (TPSA) is 57.3 Å². The lowest BCUT2D eigenvalue weighted by Gasteiger charge is -2.15. The van der Waals surface area contributed by atoms with Gasteiger partial charge in [-0.15, -0.1) is 11.3 Å². The Labute approximate surface area is 163 Å². The van der Waals surface area contributed by atoms with E-state index in [2.05, 4.69) is 17.1 Å². The fourth-order valence-corrected chi connectivity index (χ4v) is 3.91. The van der Waals surface area contributed by atoms with Crippen molar-refractivity contribution in [3.63, 3.8) is 0 Å². The van der Waals surface area contributed by atoms with Gasteiger partial charge in [0.25, 0.3) is 0 Å². The molecule has 0 amide bonds. The third-order valence-electron chi connectivity index (χ3n) is 4.54. The Hall–Kier alpha value is -2.54. The van der Waals surface area contributed by atoms with E-state index < -0.39 is 0 Å². The largest absolute Gasteiger partial charge is 0.493 e. The second kappa shape index (κ2) is 8.90. The van der Waals surface area contributed by atoms with E-state index >= 15 is 0 Å². The number of ether oxygens (including phenoxy) is 3. The first kappa shape index (κ1) is 19.2. The molecule has 0 fully saturated rings. The fraction of sp³-hybridized carbons (Fsp3) is 0.400. The van der Waals surface area contributed by atoms with E-state index in [1.807, 2.05) is 28.4 Å². The van der Waals surface area contributed by atoms with E-state index in [9.17, 15) is 0 Å². The summed E-state index contributed by atoms with van der Waals surface area (Å²) in [5.74, 6) is 2.25. The first-order valence-electron chi connectivity index (χ1n) is 8.85. The van der Waals surface area contributed by atoms with Crippen molar-refractivity contribution in [3.8, 4) is 28.5 Å². The van der Waals surface area contributed by atoms with Gasteiger partial charge in [0.1, 0.15) is 0 Å². The molecule has 0 bridgehead atoms. The summed E-state index contributed by atoms with van der Waals surface area (Å²) in [6.45, 7) is 0. The van der Waals surface area contributed by atoms with Gasteiger partial charge in [-0.05, 0) is 37.3 Å². The van der Waals surface area contributed by atoms with Gasteiger partial charge in [0.05, 0.1) is 27.0 Å². The van der Waals surface area contributed by atoms with Crippen molar-refractivity contribution in [2.24, 2.45) is 16.0 Å². The molecule has 0 N–H and O–H groups in total. The number of thiazole rings is 1. The Morgan fingerprint density at radius 3 is 2.41 bits per heavy atom. The standard InChI is InChI=1S/C20H25N3O3S/c1-21-20-23(22-12-14-8-6-5-7-9-14)16(13-27-20)15-10-17(24-2)19(26-4)18(11-15)25-3/h5-6,10-14H,7-9H2,1-4H3. The zero-order chi connectivity index (χ0) is 19.2. The Bertz CT molecular complexity index is 886. The first-order valence-corrected chi connectivity index (χ1v) is 9.73. The quantitative estimate of drug-likeness (QED) is 0.557. The second-order valence-corrected chi connectivity index (χ2v) is 7.00. The van der Waals surface area contributed by atoms with Crippen LogP contribution >= 0.6 is 11.3 Å². The SMILES string of the molecule is CN=c1scc(-c2cc(OC)c(OC)c(OC)c2)n1N=CC1CC=CCC1. The smallest absolute Gasteiger partial charge is 0.205 e. The summed E-state index contributed by atoms with van der Waals surface area (Å²) in [7, 11) is 6.61. The summed E-state index contributed by atoms with van der Waals surface area (Å²) in [5.41, 5.74) is 1.86. The number of hydrogen-bond donors (Lipinski definition) is 0. The molecule has 1 aliphatic rings. The molecule has 0 radical (unpaired) electrons. The van der Waals surface area contributed by atoms with Gasteiger partial charge in [-0.3, -0.25) is 4.99 Å². The summed E-state index contributed by atoms with van der Waals surface area (Å²) in [5, 5.41) is 6.79. The van der Waals surface area contributed by atoms with Gasteiger partial charge >= 0.3 is 0 Å². The minimum atomic E-state index is 0.458. The maximum absolute atomic E-state index is 5.49. The van der Waals surface area contributed by atoms with Gasteiger partial charge in [0, 0.05) is 24.2 Å². The number of nitrogens with zero attached hydrogens (tertiary/aromatic N) is 3. The van der Waals surface area contributed by atoms with Crippen LogP contribution in [0.2, 0.25) is 0 Å². The van der Waals surface area contributed by atoms with Crippen LogP contribution in [0.5, 0.6) is 17.2 Å². The van der Waals surface area contributed by atoms with Crippen LogP contribution in [0.25, 0.3) is 11.3 Å². The van der Waals surface area contributed by atoms with E-state index in [1.54, 1.807) is 39.7 Å². The van der Waals surface area contributed by atoms with Crippen molar-refractivity contribution in [1.29, 1.82) is 0 Å². The second-order valence-electron chi connectivity index (χ2n) is 6.16. The highest BCUT2D eigenvalue weighted by Gasteiger charge is 2.17. The number of hydrogen-bond acceptors (Lipinski definition) is 6. The number of methoxy groups -OCH3 is 3. The third kappa shape index (κ3) is 4.08. The minimum Gasteiger partial charge on any atom is -0.493 e. The van der Waals surface area contributed by atoms with E-state index in [0.717, 1.165) is 35.3 Å². The summed E-state index contributed by atoms with van der Waals surface area (Å²) in [4.78, 5) is 5.20. The molecule has 7 heteroatoms. The number of allylic oxidation sites excluding steroid dienone is 2. The molecule has 1 aliphatic carbocycles. The lowest BCUT2D eigenvalue weighted by atomic mass is 9.96. The monoisotopic (exact) mass is 387 g/mol. The molecular formula is C20H25N3O3S. The lowest BCUT2D eigenvalue weighted by Crippen LogP contribution is -2.13. The summed E-state index contributed by atoms with van der Waals surface area (Å²) in [6, 6.07) is 3.86. The molecule has 6 nitrogen and oxygen atoms in total. The number of benzene rings is 1. The van der Waals surface area contributed by atoms with Gasteiger partial charge in [0.15, 0.2) is 11.5 Å². The zero-order valence-electron chi connectivity index (χ0n) is 16.1. The molecular weight excluding hydrogens is 362 g/mol. The molecule has 0 spiro atoms. The van der Waals surface area contributed by atoms with Crippen LogP contribution in [0, 0.1) is 5.92 Å². The summed E-state index contributed by atoms with van der Waals surface area (Å²) >= 11 is 1.55.